The van der Waals surface area contributed by atoms with Crippen LogP contribution in [0.5, 0.6) is 0 Å². The highest BCUT2D eigenvalue weighted by atomic mass is 16.5. The molecule has 0 aliphatic carbocycles. The molecule has 2 N–H and O–H groups in total. The number of ether oxygens (including phenoxy) is 1. The topological polar surface area (TPSA) is 109 Å². The Kier molecular flexibility index (Phi) is 4.20. The number of hydrogen-bond donors (Lipinski definition) is 2. The van der Waals surface area contributed by atoms with Crippen LogP contribution in [-0.2, 0) is 14.3 Å². The lowest BCUT2D eigenvalue weighted by Crippen LogP contribution is -2.58. The fourth-order valence-corrected chi connectivity index (χ4v) is 3.55. The third-order valence-electron chi connectivity index (χ3n) is 4.74. The molecule has 132 valence electrons. The van der Waals surface area contributed by atoms with Crippen molar-refractivity contribution in [2.24, 2.45) is 5.41 Å². The molecule has 0 spiro atoms. The van der Waals surface area contributed by atoms with Crippen LogP contribution in [0.3, 0.4) is 0 Å². The SMILES string of the molecule is CNC(=O)OC[C@]1(C)CC2/C(=C\c3ccccn3)C(=O)N2[C@H]1C(=O)O. The highest BCUT2D eigenvalue weighted by Gasteiger charge is 2.62. The van der Waals surface area contributed by atoms with Gasteiger partial charge in [-0.2, -0.15) is 0 Å². The molecule has 2 saturated heterocycles. The summed E-state index contributed by atoms with van der Waals surface area (Å²) in [5.74, 6) is -1.41. The Labute approximate surface area is 144 Å². The summed E-state index contributed by atoms with van der Waals surface area (Å²) in [7, 11) is 1.43. The van der Waals surface area contributed by atoms with E-state index in [1.54, 1.807) is 31.3 Å². The van der Waals surface area contributed by atoms with Gasteiger partial charge in [-0.3, -0.25) is 9.78 Å². The minimum Gasteiger partial charge on any atom is -0.480 e. The number of fused-ring (bicyclic) bond motifs is 1. The quantitative estimate of drug-likeness (QED) is 0.620. The summed E-state index contributed by atoms with van der Waals surface area (Å²) >= 11 is 0. The molecule has 1 aromatic heterocycles. The standard InChI is InChI=1S/C17H19N3O5/c1-17(9-25-16(24)18-2)8-12-11(7-10-5-3-4-6-19-10)14(21)20(12)13(17)15(22)23/h3-7,12-13H,8-9H2,1-2H3,(H,18,24)(H,22,23)/b11-7+/t12?,13-,17-/m0/s1. The maximum Gasteiger partial charge on any atom is 0.406 e. The summed E-state index contributed by atoms with van der Waals surface area (Å²) < 4.78 is 5.09. The Morgan fingerprint density at radius 3 is 2.88 bits per heavy atom. The van der Waals surface area contributed by atoms with Crippen molar-refractivity contribution in [2.75, 3.05) is 13.7 Å². The van der Waals surface area contributed by atoms with Gasteiger partial charge >= 0.3 is 12.1 Å². The molecule has 8 heteroatoms. The van der Waals surface area contributed by atoms with E-state index in [1.807, 2.05) is 6.07 Å². The molecule has 3 atom stereocenters. The van der Waals surface area contributed by atoms with Crippen LogP contribution in [0.25, 0.3) is 6.08 Å². The third-order valence-corrected chi connectivity index (χ3v) is 4.74. The van der Waals surface area contributed by atoms with Crippen LogP contribution in [0.1, 0.15) is 19.0 Å². The van der Waals surface area contributed by atoms with E-state index in [2.05, 4.69) is 10.3 Å². The maximum atomic E-state index is 12.5. The number of carbonyl (C=O) groups excluding carboxylic acids is 2. The van der Waals surface area contributed by atoms with Crippen LogP contribution in [-0.4, -0.2) is 58.7 Å². The van der Waals surface area contributed by atoms with Crippen LogP contribution >= 0.6 is 0 Å². The number of nitrogens with one attached hydrogen (secondary N) is 1. The number of rotatable bonds is 4. The monoisotopic (exact) mass is 345 g/mol. The Morgan fingerprint density at radius 1 is 1.52 bits per heavy atom. The lowest BCUT2D eigenvalue weighted by atomic mass is 9.81. The lowest BCUT2D eigenvalue weighted by Gasteiger charge is -2.40. The van der Waals surface area contributed by atoms with Crippen molar-refractivity contribution in [3.8, 4) is 0 Å². The summed E-state index contributed by atoms with van der Waals surface area (Å²) in [4.78, 5) is 41.1. The normalized spacial score (nSPS) is 29.1. The van der Waals surface area contributed by atoms with Crippen molar-refractivity contribution in [2.45, 2.75) is 25.4 Å². The van der Waals surface area contributed by atoms with Crippen LogP contribution in [0, 0.1) is 5.41 Å². The van der Waals surface area contributed by atoms with Crippen molar-refractivity contribution < 1.29 is 24.2 Å². The number of amides is 2. The van der Waals surface area contributed by atoms with Crippen molar-refractivity contribution in [1.29, 1.82) is 0 Å². The molecule has 0 radical (unpaired) electrons. The number of hydrogen-bond acceptors (Lipinski definition) is 5. The Morgan fingerprint density at radius 2 is 2.28 bits per heavy atom. The second-order valence-electron chi connectivity index (χ2n) is 6.51. The van der Waals surface area contributed by atoms with E-state index >= 15 is 0 Å². The first-order chi connectivity index (χ1) is 11.9. The summed E-state index contributed by atoms with van der Waals surface area (Å²) in [6, 6.07) is 4.03. The van der Waals surface area contributed by atoms with Gasteiger partial charge in [-0.05, 0) is 24.6 Å². The average molecular weight is 345 g/mol. The molecule has 3 heterocycles. The van der Waals surface area contributed by atoms with Crippen molar-refractivity contribution in [3.05, 3.63) is 35.7 Å². The highest BCUT2D eigenvalue weighted by Crippen LogP contribution is 2.49. The summed E-state index contributed by atoms with van der Waals surface area (Å²) in [6.45, 7) is 1.64. The molecule has 1 unspecified atom stereocenters. The Balaban J connectivity index is 1.86. The number of β-lactam (4-membered cyclic amide) rings is 1. The molecule has 2 aliphatic heterocycles. The fourth-order valence-electron chi connectivity index (χ4n) is 3.55. The smallest absolute Gasteiger partial charge is 0.406 e. The van der Waals surface area contributed by atoms with Crippen LogP contribution in [0.15, 0.2) is 30.0 Å². The maximum absolute atomic E-state index is 12.5. The lowest BCUT2D eigenvalue weighted by molar-refractivity contribution is -0.155. The number of aromatic nitrogens is 1. The van der Waals surface area contributed by atoms with Gasteiger partial charge in [0.25, 0.3) is 5.91 Å². The van der Waals surface area contributed by atoms with E-state index in [4.69, 9.17) is 4.74 Å². The zero-order chi connectivity index (χ0) is 18.2. The minimum absolute atomic E-state index is 0.0826. The molecule has 0 aromatic carbocycles. The predicted molar refractivity (Wildman–Crippen MR) is 87.4 cm³/mol. The Hall–Kier alpha value is -2.90. The molecular weight excluding hydrogens is 326 g/mol. The van der Waals surface area contributed by atoms with Crippen molar-refractivity contribution >= 4 is 24.0 Å². The molecule has 25 heavy (non-hydrogen) atoms. The van der Waals surface area contributed by atoms with Gasteiger partial charge in [0, 0.05) is 24.2 Å². The van der Waals surface area contributed by atoms with Gasteiger partial charge in [0.15, 0.2) is 0 Å². The fraction of sp³-hybridized carbons (Fsp3) is 0.412. The van der Waals surface area contributed by atoms with E-state index in [1.165, 1.54) is 11.9 Å². The minimum atomic E-state index is -1.10. The van der Waals surface area contributed by atoms with E-state index in [0.717, 1.165) is 0 Å². The predicted octanol–water partition coefficient (Wildman–Crippen LogP) is 0.895. The average Bonchev–Trinajstić information content (AvgIpc) is 2.89. The number of carbonyl (C=O) groups is 3. The van der Waals surface area contributed by atoms with E-state index in [0.29, 0.717) is 17.7 Å². The molecule has 8 nitrogen and oxygen atoms in total. The number of pyridine rings is 1. The molecule has 0 bridgehead atoms. The van der Waals surface area contributed by atoms with Crippen molar-refractivity contribution in [1.82, 2.24) is 15.2 Å². The number of nitrogens with zero attached hydrogens (tertiary/aromatic N) is 2. The van der Waals surface area contributed by atoms with Crippen LogP contribution in [0.2, 0.25) is 0 Å². The largest absolute Gasteiger partial charge is 0.480 e. The number of alkyl carbamates (subject to hydrolysis) is 1. The second kappa shape index (κ2) is 6.19. The first-order valence-electron chi connectivity index (χ1n) is 7.90. The third kappa shape index (κ3) is 2.84. The first kappa shape index (κ1) is 16.9. The van der Waals surface area contributed by atoms with E-state index < -0.39 is 23.5 Å². The van der Waals surface area contributed by atoms with Crippen LogP contribution in [0.4, 0.5) is 4.79 Å². The molecule has 2 fully saturated rings. The molecule has 1 aromatic rings. The van der Waals surface area contributed by atoms with E-state index in [-0.39, 0.29) is 18.6 Å². The van der Waals surface area contributed by atoms with Gasteiger partial charge in [0.2, 0.25) is 0 Å². The van der Waals surface area contributed by atoms with Crippen molar-refractivity contribution in [3.63, 3.8) is 0 Å². The first-order valence-corrected chi connectivity index (χ1v) is 7.90. The molecule has 2 amide bonds. The zero-order valence-corrected chi connectivity index (χ0v) is 13.9. The summed E-state index contributed by atoms with van der Waals surface area (Å²) in [6.07, 6.45) is 3.10. The van der Waals surface area contributed by atoms with Gasteiger partial charge in [-0.25, -0.2) is 9.59 Å². The summed E-state index contributed by atoms with van der Waals surface area (Å²) in [5.41, 5.74) is 0.319. The molecule has 0 saturated carbocycles. The molecule has 2 aliphatic rings. The second-order valence-corrected chi connectivity index (χ2v) is 6.51. The van der Waals surface area contributed by atoms with Gasteiger partial charge in [-0.15, -0.1) is 0 Å². The molecular formula is C17H19N3O5. The van der Waals surface area contributed by atoms with E-state index in [9.17, 15) is 19.5 Å². The number of aliphatic carboxylic acids is 1. The highest BCUT2D eigenvalue weighted by molar-refractivity contribution is 6.08. The Bertz CT molecular complexity index is 748. The van der Waals surface area contributed by atoms with Gasteiger partial charge < -0.3 is 20.1 Å². The zero-order valence-electron chi connectivity index (χ0n) is 13.9. The summed E-state index contributed by atoms with van der Waals surface area (Å²) in [5, 5.41) is 11.9. The molecule has 3 rings (SSSR count). The van der Waals surface area contributed by atoms with Crippen LogP contribution < -0.4 is 5.32 Å². The van der Waals surface area contributed by atoms with Gasteiger partial charge in [0.1, 0.15) is 12.6 Å². The van der Waals surface area contributed by atoms with Gasteiger partial charge in [-0.1, -0.05) is 13.0 Å². The number of carboxylic acids is 1. The number of carboxylic acid groups (broad SMARTS) is 1. The van der Waals surface area contributed by atoms with Gasteiger partial charge in [0.05, 0.1) is 11.7 Å².